The summed E-state index contributed by atoms with van der Waals surface area (Å²) in [5.41, 5.74) is 14.8. The zero-order chi connectivity index (χ0) is 58.8. The van der Waals surface area contributed by atoms with Gasteiger partial charge < -0.3 is 45.2 Å². The number of carboxylic acids is 1. The van der Waals surface area contributed by atoms with Gasteiger partial charge in [0.2, 0.25) is 26.0 Å². The quantitative estimate of drug-likeness (QED) is 0.0593. The van der Waals surface area contributed by atoms with Crippen molar-refractivity contribution < 1.29 is 41.0 Å². The Morgan fingerprint density at radius 2 is 0.950 bits per heavy atom. The molecule has 17 nitrogen and oxygen atoms in total. The fourth-order valence-corrected chi connectivity index (χ4v) is 13.8. The van der Waals surface area contributed by atoms with Crippen molar-refractivity contribution in [3.05, 3.63) is 94.0 Å². The van der Waals surface area contributed by atoms with E-state index >= 15 is 0 Å². The van der Waals surface area contributed by atoms with Crippen molar-refractivity contribution in [3.63, 3.8) is 0 Å². The summed E-state index contributed by atoms with van der Waals surface area (Å²) in [7, 11) is -1.49. The van der Waals surface area contributed by atoms with E-state index < -0.39 is 26.0 Å². The Hall–Kier alpha value is -5.15. The number of ether oxygens (including phenoxy) is 2. The largest absolute Gasteiger partial charge is 0.497 e. The topological polar surface area (TPSA) is 199 Å². The molecule has 4 N–H and O–H groups in total. The Morgan fingerprint density at radius 1 is 0.588 bits per heavy atom. The van der Waals surface area contributed by atoms with Crippen LogP contribution in [0.1, 0.15) is 99.6 Å². The number of hydrogen-bond acceptors (Lipinski definition) is 13. The molecular weight excluding hydrogens is 1080 g/mol. The van der Waals surface area contributed by atoms with Crippen molar-refractivity contribution >= 4 is 67.1 Å². The smallest absolute Gasteiger partial charge is 0.304 e. The molecule has 448 valence electrons. The molecule has 2 fully saturated rings. The van der Waals surface area contributed by atoms with Crippen molar-refractivity contribution in [1.82, 2.24) is 18.4 Å². The molecule has 2 heterocycles. The highest BCUT2D eigenvalue weighted by molar-refractivity contribution is 7.89. The van der Waals surface area contributed by atoms with E-state index in [1.54, 1.807) is 59.1 Å². The molecule has 0 aliphatic carbocycles. The molecule has 4 aromatic rings. The highest BCUT2D eigenvalue weighted by atomic mass is 35.5. The summed E-state index contributed by atoms with van der Waals surface area (Å²) < 4.78 is 64.1. The van der Waals surface area contributed by atoms with Gasteiger partial charge in [0, 0.05) is 95.6 Å². The van der Waals surface area contributed by atoms with E-state index in [1.807, 2.05) is 18.2 Å². The molecule has 0 spiro atoms. The van der Waals surface area contributed by atoms with E-state index in [0.717, 1.165) is 59.3 Å². The number of benzene rings is 4. The highest BCUT2D eigenvalue weighted by Crippen LogP contribution is 2.32. The first-order valence-electron chi connectivity index (χ1n) is 28.0. The molecule has 0 saturated carbocycles. The van der Waals surface area contributed by atoms with Gasteiger partial charge in [0.15, 0.2) is 0 Å². The van der Waals surface area contributed by atoms with Crippen molar-refractivity contribution in [3.8, 4) is 11.5 Å². The van der Waals surface area contributed by atoms with Crippen molar-refractivity contribution in [1.29, 1.82) is 0 Å². The Balaban J connectivity index is 0.000000345. The normalized spacial score (nSPS) is 14.3. The average Bonchev–Trinajstić information content (AvgIpc) is 3.42. The number of halogens is 1. The zero-order valence-corrected chi connectivity index (χ0v) is 52.8. The third-order valence-corrected chi connectivity index (χ3v) is 19.7. The number of piperidine rings is 2. The van der Waals surface area contributed by atoms with Crippen LogP contribution in [0.15, 0.2) is 70.5 Å². The molecule has 0 radical (unpaired) electrons. The molecule has 0 unspecified atom stereocenters. The number of nitrogens with zero attached hydrogens (tertiary/aromatic N) is 6. The van der Waals surface area contributed by atoms with E-state index in [9.17, 15) is 26.4 Å². The van der Waals surface area contributed by atoms with Gasteiger partial charge in [-0.05, 0) is 199 Å². The number of nitrogens with one attached hydrogen (secondary N) is 1. The predicted molar refractivity (Wildman–Crippen MR) is 330 cm³/mol. The number of anilines is 4. The van der Waals surface area contributed by atoms with Crippen LogP contribution in [-0.4, -0.2) is 159 Å². The summed E-state index contributed by atoms with van der Waals surface area (Å²) in [4.78, 5) is 33.7. The maximum atomic E-state index is 13.2. The van der Waals surface area contributed by atoms with Crippen LogP contribution < -0.4 is 30.3 Å². The van der Waals surface area contributed by atoms with Crippen LogP contribution in [-0.2, 0) is 29.6 Å². The summed E-state index contributed by atoms with van der Waals surface area (Å²) in [5.74, 6) is 1.57. The SMILES string of the molecule is CCN(CC)CC1CCN(c2ccc(N)cc2C)CC1.CCN(CC)CC1CCN(c2ccc(NC(=O)CCN(C)S(=O)(=O)c3c(C)cc(OC)cc3C)cc2C)CC1.COc1cc(C)c(S(=O)(=O)N(C)CCC(=O)O)c(C)c1.Cl. The number of methoxy groups -OCH3 is 2. The molecule has 20 heteroatoms. The number of aryl methyl sites for hydroxylation is 6. The van der Waals surface area contributed by atoms with E-state index in [-0.39, 0.29) is 54.0 Å². The van der Waals surface area contributed by atoms with Crippen molar-refractivity contribution in [2.45, 2.75) is 118 Å². The minimum Gasteiger partial charge on any atom is -0.497 e. The van der Waals surface area contributed by atoms with E-state index in [4.69, 9.17) is 20.3 Å². The van der Waals surface area contributed by atoms with Crippen molar-refractivity contribution in [2.24, 2.45) is 11.8 Å². The summed E-state index contributed by atoms with van der Waals surface area (Å²) in [6.07, 6.45) is 4.83. The lowest BCUT2D eigenvalue weighted by atomic mass is 9.95. The number of rotatable bonds is 23. The van der Waals surface area contributed by atoms with Crippen LogP contribution in [0.4, 0.5) is 22.7 Å². The fourth-order valence-electron chi connectivity index (χ4n) is 10.7. The van der Waals surface area contributed by atoms with Gasteiger partial charge in [-0.15, -0.1) is 12.4 Å². The first-order valence-corrected chi connectivity index (χ1v) is 30.9. The molecule has 6 rings (SSSR count). The predicted octanol–water partition coefficient (Wildman–Crippen LogP) is 9.79. The molecular formula is C60H95ClN8O9S2. The van der Waals surface area contributed by atoms with Crippen LogP contribution in [0.5, 0.6) is 11.5 Å². The number of hydrogen-bond donors (Lipinski definition) is 3. The minimum atomic E-state index is -3.74. The van der Waals surface area contributed by atoms with Crippen LogP contribution in [0.25, 0.3) is 0 Å². The first kappa shape index (κ1) is 69.1. The van der Waals surface area contributed by atoms with Gasteiger partial charge in [-0.1, -0.05) is 27.7 Å². The molecule has 0 aromatic heterocycles. The lowest BCUT2D eigenvalue weighted by Crippen LogP contribution is -2.39. The molecule has 1 amide bonds. The van der Waals surface area contributed by atoms with Crippen LogP contribution in [0.2, 0.25) is 0 Å². The number of carboxylic acid groups (broad SMARTS) is 1. The third kappa shape index (κ3) is 19.5. The Labute approximate surface area is 486 Å². The number of amides is 1. The number of sulfonamides is 2. The van der Waals surface area contributed by atoms with Crippen LogP contribution in [0.3, 0.4) is 0 Å². The van der Waals surface area contributed by atoms with Gasteiger partial charge in [-0.25, -0.2) is 25.4 Å². The molecule has 4 aromatic carbocycles. The second-order valence-electron chi connectivity index (χ2n) is 21.2. The number of aliphatic carboxylic acids is 1. The van der Waals surface area contributed by atoms with Gasteiger partial charge in [0.1, 0.15) is 11.5 Å². The first-order chi connectivity index (χ1) is 37.3. The number of carbonyl (C=O) groups is 2. The lowest BCUT2D eigenvalue weighted by molar-refractivity contribution is -0.137. The van der Waals surface area contributed by atoms with Gasteiger partial charge in [-0.2, -0.15) is 0 Å². The third-order valence-electron chi connectivity index (χ3n) is 15.4. The minimum absolute atomic E-state index is 0. The van der Waals surface area contributed by atoms with Gasteiger partial charge >= 0.3 is 5.97 Å². The van der Waals surface area contributed by atoms with Crippen molar-refractivity contribution in [2.75, 3.05) is 128 Å². The maximum absolute atomic E-state index is 13.2. The second-order valence-corrected chi connectivity index (χ2v) is 25.1. The van der Waals surface area contributed by atoms with Gasteiger partial charge in [0.25, 0.3) is 0 Å². The summed E-state index contributed by atoms with van der Waals surface area (Å²) in [6.45, 7) is 31.6. The Morgan fingerprint density at radius 3 is 1.29 bits per heavy atom. The number of nitrogen functional groups attached to an aromatic ring is 1. The van der Waals surface area contributed by atoms with Crippen LogP contribution in [0, 0.1) is 53.4 Å². The maximum Gasteiger partial charge on any atom is 0.304 e. The monoisotopic (exact) mass is 1170 g/mol. The molecule has 0 bridgehead atoms. The highest BCUT2D eigenvalue weighted by Gasteiger charge is 2.28. The van der Waals surface area contributed by atoms with Gasteiger partial charge in [-0.3, -0.25) is 9.59 Å². The second kappa shape index (κ2) is 32.5. The van der Waals surface area contributed by atoms with Gasteiger partial charge in [0.05, 0.1) is 30.4 Å². The molecule has 80 heavy (non-hydrogen) atoms. The summed E-state index contributed by atoms with van der Waals surface area (Å²) >= 11 is 0. The number of carbonyl (C=O) groups excluding carboxylic acids is 1. The van der Waals surface area contributed by atoms with E-state index in [2.05, 4.69) is 84.7 Å². The van der Waals surface area contributed by atoms with E-state index in [1.165, 1.54) is 107 Å². The zero-order valence-electron chi connectivity index (χ0n) is 50.4. The molecule has 2 aliphatic heterocycles. The standard InChI is InChI=1S/C30H46N4O4S.C17H29N3.C13H19NO5S.ClH/c1-8-33(9-2)21-25-12-16-34(17-13-25)28-11-10-26(18-22(28)3)31-29(35)14-15-32(6)39(36,37)30-23(4)19-27(38-7)20-24(30)5;1-4-19(5-2)13-15-8-10-20(11-9-15)17-7-6-16(18)12-14(17)3;1-9-7-11(19-4)8-10(2)13(9)20(17,18)14(3)6-5-12(15)16;/h10-11,18-20,25H,8-9,12-17,21H2,1-7H3,(H,31,35);6-7,12,15H,4-5,8-11,13,18H2,1-3H3;7-8H,5-6H2,1-4H3,(H,15,16);1H. The Bertz CT molecular complexity index is 2800. The lowest BCUT2D eigenvalue weighted by Gasteiger charge is -2.36. The molecule has 0 atom stereocenters. The van der Waals surface area contributed by atoms with Crippen LogP contribution >= 0.6 is 12.4 Å². The molecule has 2 aliphatic rings. The van der Waals surface area contributed by atoms with E-state index in [0.29, 0.717) is 33.8 Å². The fraction of sp³-hybridized carbons (Fsp3) is 0.567. The molecule has 2 saturated heterocycles. The Kier molecular flexibility index (Phi) is 28.1. The number of nitrogens with two attached hydrogens (primary N) is 1. The summed E-state index contributed by atoms with van der Waals surface area (Å²) in [6, 6.07) is 19.0. The average molecular weight is 1170 g/mol. The summed E-state index contributed by atoms with van der Waals surface area (Å²) in [5, 5.41) is 11.6.